The molecule has 0 spiro atoms. The van der Waals surface area contributed by atoms with Crippen molar-refractivity contribution in [1.29, 1.82) is 0 Å². The number of hydroxylamine groups is 1. The van der Waals surface area contributed by atoms with Gasteiger partial charge in [0, 0.05) is 0 Å². The van der Waals surface area contributed by atoms with Gasteiger partial charge in [0.25, 0.3) is 0 Å². The first-order chi connectivity index (χ1) is 5.85. The Morgan fingerprint density at radius 3 is 2.75 bits per heavy atom. The van der Waals surface area contributed by atoms with Crippen molar-refractivity contribution < 1.29 is 10.3 Å². The van der Waals surface area contributed by atoms with Crippen molar-refractivity contribution >= 4 is 0 Å². The van der Waals surface area contributed by atoms with Crippen LogP contribution in [0.1, 0.15) is 6.92 Å². The predicted molar refractivity (Wildman–Crippen MR) is 46.2 cm³/mol. The topological polar surface area (TPSA) is 52.5 Å². The molecule has 0 saturated heterocycles. The summed E-state index contributed by atoms with van der Waals surface area (Å²) in [6.45, 7) is 1.63. The van der Waals surface area contributed by atoms with Crippen LogP contribution < -0.4 is 5.48 Å². The van der Waals surface area contributed by atoms with Crippen LogP contribution in [-0.4, -0.2) is 23.0 Å². The van der Waals surface area contributed by atoms with Gasteiger partial charge in [-0.15, -0.1) is 0 Å². The zero-order chi connectivity index (χ0) is 9.23. The Morgan fingerprint density at radius 1 is 1.50 bits per heavy atom. The van der Waals surface area contributed by atoms with Gasteiger partial charge in [-0.05, 0) is 18.8 Å². The summed E-state index contributed by atoms with van der Waals surface area (Å²) >= 11 is 0. The van der Waals surface area contributed by atoms with Crippen molar-refractivity contribution in [3.05, 3.63) is 12.2 Å². The summed E-state index contributed by atoms with van der Waals surface area (Å²) in [6, 6.07) is -0.400. The second-order valence-electron chi connectivity index (χ2n) is 1.86. The first-order valence-electron chi connectivity index (χ1n) is 3.46. The lowest BCUT2D eigenvalue weighted by atomic mass is 10.3. The van der Waals surface area contributed by atoms with E-state index in [1.165, 1.54) is 0 Å². The average molecular weight is 165 g/mol. The molecule has 3 nitrogen and oxygen atoms in total. The largest absolute Gasteiger partial charge is 0.384 e. The van der Waals surface area contributed by atoms with Crippen LogP contribution in [0.2, 0.25) is 0 Å². The van der Waals surface area contributed by atoms with Gasteiger partial charge >= 0.3 is 0 Å². The van der Waals surface area contributed by atoms with Crippen LogP contribution in [0.5, 0.6) is 0 Å². The van der Waals surface area contributed by atoms with Crippen LogP contribution in [0.25, 0.3) is 0 Å². The monoisotopic (exact) mass is 165 g/mol. The minimum atomic E-state index is -0.400. The van der Waals surface area contributed by atoms with Crippen LogP contribution >= 0.6 is 0 Å². The Morgan fingerprint density at radius 2 is 2.25 bits per heavy atom. The molecule has 12 heavy (non-hydrogen) atoms. The zero-order valence-electron chi connectivity index (χ0n) is 6.83. The molecule has 0 aromatic carbocycles. The third-order valence-corrected chi connectivity index (χ3v) is 0.982. The number of hydrogen-bond donors (Lipinski definition) is 3. The molecular weight excluding hydrogens is 154 g/mol. The first kappa shape index (κ1) is 10.7. The number of aliphatic hydroxyl groups is 1. The van der Waals surface area contributed by atoms with Gasteiger partial charge in [0.2, 0.25) is 0 Å². The molecule has 0 aromatic rings. The van der Waals surface area contributed by atoms with Crippen molar-refractivity contribution in [2.24, 2.45) is 0 Å². The van der Waals surface area contributed by atoms with E-state index in [4.69, 9.17) is 10.3 Å². The van der Waals surface area contributed by atoms with Gasteiger partial charge in [0.1, 0.15) is 12.6 Å². The maximum atomic E-state index is 8.51. The Balaban J connectivity index is 4.05. The second-order valence-corrected chi connectivity index (χ2v) is 1.86. The third-order valence-electron chi connectivity index (χ3n) is 0.982. The van der Waals surface area contributed by atoms with Crippen molar-refractivity contribution in [3.8, 4) is 23.7 Å². The summed E-state index contributed by atoms with van der Waals surface area (Å²) in [5.74, 6) is 9.88. The molecule has 0 radical (unpaired) electrons. The van der Waals surface area contributed by atoms with E-state index in [2.05, 4.69) is 23.7 Å². The molecule has 0 heterocycles. The van der Waals surface area contributed by atoms with E-state index in [1.807, 2.05) is 12.4 Å². The Labute approximate surface area is 72.1 Å². The molecule has 0 aliphatic carbocycles. The van der Waals surface area contributed by atoms with Crippen LogP contribution in [0, 0.1) is 23.7 Å². The van der Waals surface area contributed by atoms with E-state index in [0.29, 0.717) is 0 Å². The van der Waals surface area contributed by atoms with E-state index < -0.39 is 6.04 Å². The Bertz CT molecular complexity index is 249. The van der Waals surface area contributed by atoms with Gasteiger partial charge in [-0.1, -0.05) is 24.0 Å². The SMILES string of the molecule is C/C=C\C(C#CC#CCO)NO. The highest BCUT2D eigenvalue weighted by Gasteiger charge is 1.92. The van der Waals surface area contributed by atoms with Gasteiger partial charge in [0.05, 0.1) is 0 Å². The van der Waals surface area contributed by atoms with Crippen LogP contribution in [0.4, 0.5) is 0 Å². The molecule has 3 N–H and O–H groups in total. The lowest BCUT2D eigenvalue weighted by molar-refractivity contribution is 0.161. The molecule has 0 saturated carbocycles. The summed E-state index contributed by atoms with van der Waals surface area (Å²) in [7, 11) is 0. The lowest BCUT2D eigenvalue weighted by Gasteiger charge is -1.97. The molecule has 3 heteroatoms. The van der Waals surface area contributed by atoms with Crippen LogP contribution in [0.3, 0.4) is 0 Å². The number of rotatable bonds is 2. The first-order valence-corrected chi connectivity index (χ1v) is 3.46. The number of allylic oxidation sites excluding steroid dienone is 1. The van der Waals surface area contributed by atoms with E-state index >= 15 is 0 Å². The zero-order valence-corrected chi connectivity index (χ0v) is 6.83. The molecule has 64 valence electrons. The predicted octanol–water partition coefficient (Wildman–Crippen LogP) is -0.0910. The molecule has 0 fully saturated rings. The van der Waals surface area contributed by atoms with Crippen molar-refractivity contribution in [1.82, 2.24) is 5.48 Å². The molecule has 0 rings (SSSR count). The molecule has 0 aliphatic heterocycles. The molecule has 0 aliphatic rings. The van der Waals surface area contributed by atoms with E-state index in [-0.39, 0.29) is 6.61 Å². The minimum absolute atomic E-state index is 0.199. The van der Waals surface area contributed by atoms with E-state index in [9.17, 15) is 0 Å². The van der Waals surface area contributed by atoms with Gasteiger partial charge < -0.3 is 10.3 Å². The smallest absolute Gasteiger partial charge is 0.112 e. The summed E-state index contributed by atoms with van der Waals surface area (Å²) in [5.41, 5.74) is 1.99. The molecule has 0 amide bonds. The number of aliphatic hydroxyl groups excluding tert-OH is 1. The fourth-order valence-corrected chi connectivity index (χ4v) is 0.513. The Hall–Kier alpha value is -1.26. The van der Waals surface area contributed by atoms with Crippen molar-refractivity contribution in [2.75, 3.05) is 6.61 Å². The average Bonchev–Trinajstić information content (AvgIpc) is 2.10. The maximum absolute atomic E-state index is 8.51. The van der Waals surface area contributed by atoms with Crippen molar-refractivity contribution in [3.63, 3.8) is 0 Å². The third kappa shape index (κ3) is 5.52. The fourth-order valence-electron chi connectivity index (χ4n) is 0.513. The highest BCUT2D eigenvalue weighted by Crippen LogP contribution is 1.81. The summed E-state index contributed by atoms with van der Waals surface area (Å²) in [5, 5.41) is 16.8. The molecular formula is C9H11NO2. The van der Waals surface area contributed by atoms with Crippen molar-refractivity contribution in [2.45, 2.75) is 13.0 Å². The highest BCUT2D eigenvalue weighted by molar-refractivity contribution is 5.29. The van der Waals surface area contributed by atoms with Gasteiger partial charge in [-0.2, -0.15) is 5.48 Å². The van der Waals surface area contributed by atoms with E-state index in [1.54, 1.807) is 12.2 Å². The van der Waals surface area contributed by atoms with Crippen LogP contribution in [-0.2, 0) is 0 Å². The quantitative estimate of drug-likeness (QED) is 0.304. The summed E-state index contributed by atoms with van der Waals surface area (Å²) in [6.07, 6.45) is 3.45. The highest BCUT2D eigenvalue weighted by atomic mass is 16.5. The lowest BCUT2D eigenvalue weighted by Crippen LogP contribution is -2.20. The Kier molecular flexibility index (Phi) is 7.02. The minimum Gasteiger partial charge on any atom is -0.384 e. The van der Waals surface area contributed by atoms with Gasteiger partial charge in [-0.25, -0.2) is 0 Å². The van der Waals surface area contributed by atoms with Gasteiger partial charge in [0.15, 0.2) is 0 Å². The summed E-state index contributed by atoms with van der Waals surface area (Å²) in [4.78, 5) is 0. The standard InChI is InChI=1S/C9H11NO2/c1-2-6-9(10-12)7-4-3-5-8-11/h2,6,9-12H,8H2,1H3/b6-2-. The molecule has 1 atom stereocenters. The normalized spacial score (nSPS) is 11.2. The van der Waals surface area contributed by atoms with Crippen LogP contribution in [0.15, 0.2) is 12.2 Å². The van der Waals surface area contributed by atoms with E-state index in [0.717, 1.165) is 0 Å². The number of hydrogen-bond acceptors (Lipinski definition) is 3. The second kappa shape index (κ2) is 7.84. The number of nitrogens with one attached hydrogen (secondary N) is 1. The van der Waals surface area contributed by atoms with Gasteiger partial charge in [-0.3, -0.25) is 0 Å². The molecule has 0 bridgehead atoms. The molecule has 0 aromatic heterocycles. The molecule has 1 unspecified atom stereocenters. The summed E-state index contributed by atoms with van der Waals surface area (Å²) < 4.78 is 0. The maximum Gasteiger partial charge on any atom is 0.112 e. The fraction of sp³-hybridized carbons (Fsp3) is 0.333.